The van der Waals surface area contributed by atoms with Gasteiger partial charge in [0, 0.05) is 0 Å². The van der Waals surface area contributed by atoms with Gasteiger partial charge in [-0.3, -0.25) is 0 Å². The number of fused-ring (bicyclic) bond motifs is 1. The molecule has 0 heteroatoms. The maximum Gasteiger partial charge on any atom is -0.0264 e. The van der Waals surface area contributed by atoms with Gasteiger partial charge in [0.05, 0.1) is 0 Å². The van der Waals surface area contributed by atoms with E-state index in [1.807, 2.05) is 0 Å². The first-order valence-electron chi connectivity index (χ1n) is 7.09. The van der Waals surface area contributed by atoms with Crippen LogP contribution in [0.5, 0.6) is 0 Å². The van der Waals surface area contributed by atoms with E-state index in [0.717, 1.165) is 23.7 Å². The van der Waals surface area contributed by atoms with Gasteiger partial charge in [0.15, 0.2) is 0 Å². The molecule has 0 N–H and O–H groups in total. The van der Waals surface area contributed by atoms with Crippen LogP contribution in [0, 0.1) is 29.1 Å². The van der Waals surface area contributed by atoms with Gasteiger partial charge < -0.3 is 0 Å². The summed E-state index contributed by atoms with van der Waals surface area (Å²) in [5.41, 5.74) is 0.701. The van der Waals surface area contributed by atoms with Gasteiger partial charge in [-0.05, 0) is 48.3 Å². The third-order valence-electron chi connectivity index (χ3n) is 5.88. The molecule has 0 heterocycles. The van der Waals surface area contributed by atoms with Gasteiger partial charge in [-0.25, -0.2) is 0 Å². The highest BCUT2D eigenvalue weighted by molar-refractivity contribution is 5.00. The van der Waals surface area contributed by atoms with Gasteiger partial charge in [-0.1, -0.05) is 47.0 Å². The Kier molecular flexibility index (Phi) is 3.14. The second kappa shape index (κ2) is 4.11. The molecule has 0 amide bonds. The third kappa shape index (κ3) is 1.74. The van der Waals surface area contributed by atoms with E-state index in [-0.39, 0.29) is 0 Å². The molecule has 88 valence electrons. The monoisotopic (exact) mass is 208 g/mol. The Morgan fingerprint density at radius 1 is 1.27 bits per heavy atom. The van der Waals surface area contributed by atoms with Crippen molar-refractivity contribution in [2.24, 2.45) is 29.1 Å². The lowest BCUT2D eigenvalue weighted by atomic mass is 9.59. The van der Waals surface area contributed by atoms with Crippen LogP contribution < -0.4 is 0 Å². The Morgan fingerprint density at radius 3 is 2.67 bits per heavy atom. The molecule has 0 aromatic rings. The molecule has 5 atom stereocenters. The normalized spacial score (nSPS) is 47.6. The van der Waals surface area contributed by atoms with Gasteiger partial charge in [0.1, 0.15) is 0 Å². The Bertz CT molecular complexity index is 220. The fourth-order valence-corrected chi connectivity index (χ4v) is 4.82. The first kappa shape index (κ1) is 11.5. The van der Waals surface area contributed by atoms with Crippen LogP contribution in [0.3, 0.4) is 0 Å². The van der Waals surface area contributed by atoms with Gasteiger partial charge in [-0.15, -0.1) is 0 Å². The molecular weight excluding hydrogens is 180 g/mol. The van der Waals surface area contributed by atoms with Crippen LogP contribution in [0.15, 0.2) is 0 Å². The van der Waals surface area contributed by atoms with Crippen LogP contribution >= 0.6 is 0 Å². The standard InChI is InChI=1S/C15H28/c1-5-11(2)13-8-9-14-12(3)7-6-10-15(13,14)4/h11-14H,5-10H2,1-4H3/t11-,12?,13?,14?,15-/m1/s1. The summed E-state index contributed by atoms with van der Waals surface area (Å²) in [6.45, 7) is 9.96. The van der Waals surface area contributed by atoms with Crippen LogP contribution in [-0.2, 0) is 0 Å². The zero-order valence-electron chi connectivity index (χ0n) is 11.1. The van der Waals surface area contributed by atoms with Crippen LogP contribution in [-0.4, -0.2) is 0 Å². The summed E-state index contributed by atoms with van der Waals surface area (Å²) < 4.78 is 0. The zero-order valence-corrected chi connectivity index (χ0v) is 11.1. The summed E-state index contributed by atoms with van der Waals surface area (Å²) in [7, 11) is 0. The first-order chi connectivity index (χ1) is 7.09. The first-order valence-corrected chi connectivity index (χ1v) is 7.09. The Hall–Kier alpha value is 0. The predicted octanol–water partition coefficient (Wildman–Crippen LogP) is 4.89. The Labute approximate surface area is 95.8 Å². The summed E-state index contributed by atoms with van der Waals surface area (Å²) in [6.07, 6.45) is 8.90. The number of hydrogen-bond acceptors (Lipinski definition) is 0. The molecule has 2 aliphatic rings. The Balaban J connectivity index is 2.17. The topological polar surface area (TPSA) is 0 Å². The van der Waals surface area contributed by atoms with Crippen molar-refractivity contribution in [3.05, 3.63) is 0 Å². The van der Waals surface area contributed by atoms with Crippen molar-refractivity contribution in [3.63, 3.8) is 0 Å². The highest BCUT2D eigenvalue weighted by Crippen LogP contribution is 2.59. The maximum atomic E-state index is 2.61. The Morgan fingerprint density at radius 2 is 2.00 bits per heavy atom. The van der Waals surface area contributed by atoms with Crippen molar-refractivity contribution in [2.75, 3.05) is 0 Å². The van der Waals surface area contributed by atoms with E-state index in [9.17, 15) is 0 Å². The number of rotatable bonds is 2. The van der Waals surface area contributed by atoms with Crippen molar-refractivity contribution in [3.8, 4) is 0 Å². The van der Waals surface area contributed by atoms with Crippen molar-refractivity contribution in [1.29, 1.82) is 0 Å². The second-order valence-corrected chi connectivity index (χ2v) is 6.55. The molecule has 2 saturated carbocycles. The molecule has 3 unspecified atom stereocenters. The average molecular weight is 208 g/mol. The quantitative estimate of drug-likeness (QED) is 0.606. The lowest BCUT2D eigenvalue weighted by Gasteiger charge is -2.46. The molecule has 0 saturated heterocycles. The SMILES string of the molecule is CC[C@@H](C)C1CCC2C(C)CCC[C@@]21C. The van der Waals surface area contributed by atoms with Gasteiger partial charge in [-0.2, -0.15) is 0 Å². The van der Waals surface area contributed by atoms with Crippen LogP contribution in [0.2, 0.25) is 0 Å². The molecule has 0 radical (unpaired) electrons. The highest BCUT2D eigenvalue weighted by atomic mass is 14.6. The molecule has 0 aliphatic heterocycles. The zero-order chi connectivity index (χ0) is 11.1. The largest absolute Gasteiger partial charge is 0.0651 e. The molecule has 15 heavy (non-hydrogen) atoms. The van der Waals surface area contributed by atoms with Crippen LogP contribution in [0.25, 0.3) is 0 Å². The fourth-order valence-electron chi connectivity index (χ4n) is 4.82. The summed E-state index contributed by atoms with van der Waals surface area (Å²) >= 11 is 0. The van der Waals surface area contributed by atoms with Gasteiger partial charge in [0.25, 0.3) is 0 Å². The fraction of sp³-hybridized carbons (Fsp3) is 1.00. The summed E-state index contributed by atoms with van der Waals surface area (Å²) in [5, 5.41) is 0. The van der Waals surface area contributed by atoms with Gasteiger partial charge >= 0.3 is 0 Å². The van der Waals surface area contributed by atoms with E-state index < -0.39 is 0 Å². The minimum Gasteiger partial charge on any atom is -0.0651 e. The molecule has 0 aromatic heterocycles. The molecular formula is C15H28. The second-order valence-electron chi connectivity index (χ2n) is 6.55. The molecule has 2 aliphatic carbocycles. The highest BCUT2D eigenvalue weighted by Gasteiger charge is 2.50. The van der Waals surface area contributed by atoms with Crippen molar-refractivity contribution in [2.45, 2.75) is 66.2 Å². The molecule has 0 bridgehead atoms. The summed E-state index contributed by atoms with van der Waals surface area (Å²) in [5.74, 6) is 4.02. The lowest BCUT2D eigenvalue weighted by molar-refractivity contribution is 0.0362. The smallest absolute Gasteiger partial charge is 0.0264 e. The van der Waals surface area contributed by atoms with Crippen LogP contribution in [0.4, 0.5) is 0 Å². The lowest BCUT2D eigenvalue weighted by Crippen LogP contribution is -2.38. The van der Waals surface area contributed by atoms with E-state index >= 15 is 0 Å². The van der Waals surface area contributed by atoms with E-state index in [1.54, 1.807) is 0 Å². The summed E-state index contributed by atoms with van der Waals surface area (Å²) in [6, 6.07) is 0. The van der Waals surface area contributed by atoms with Crippen molar-refractivity contribution < 1.29 is 0 Å². The molecule has 0 aromatic carbocycles. The minimum absolute atomic E-state index is 0.701. The maximum absolute atomic E-state index is 2.61. The van der Waals surface area contributed by atoms with Crippen LogP contribution in [0.1, 0.15) is 66.2 Å². The molecule has 2 fully saturated rings. The van der Waals surface area contributed by atoms with E-state index in [2.05, 4.69) is 27.7 Å². The number of hydrogen-bond donors (Lipinski definition) is 0. The minimum atomic E-state index is 0.701. The third-order valence-corrected chi connectivity index (χ3v) is 5.88. The van der Waals surface area contributed by atoms with E-state index in [0.29, 0.717) is 5.41 Å². The predicted molar refractivity (Wildman–Crippen MR) is 66.8 cm³/mol. The van der Waals surface area contributed by atoms with E-state index in [1.165, 1.54) is 38.5 Å². The van der Waals surface area contributed by atoms with Gasteiger partial charge in [0.2, 0.25) is 0 Å². The van der Waals surface area contributed by atoms with Crippen molar-refractivity contribution >= 4 is 0 Å². The summed E-state index contributed by atoms with van der Waals surface area (Å²) in [4.78, 5) is 0. The van der Waals surface area contributed by atoms with E-state index in [4.69, 9.17) is 0 Å². The molecule has 0 nitrogen and oxygen atoms in total. The van der Waals surface area contributed by atoms with Crippen molar-refractivity contribution in [1.82, 2.24) is 0 Å². The molecule has 2 rings (SSSR count). The average Bonchev–Trinajstić information content (AvgIpc) is 2.56. The molecule has 0 spiro atoms.